The number of nitrogens with zero attached hydrogens (tertiary/aromatic N) is 1. The van der Waals surface area contributed by atoms with Crippen LogP contribution in [0.4, 0.5) is 0 Å². The molecule has 2 aliphatic rings. The van der Waals surface area contributed by atoms with Gasteiger partial charge in [0, 0.05) is 25.0 Å². The summed E-state index contributed by atoms with van der Waals surface area (Å²) in [7, 11) is -3.66. The maximum atomic E-state index is 12.5. The van der Waals surface area contributed by atoms with Gasteiger partial charge in [-0.2, -0.15) is 0 Å². The lowest BCUT2D eigenvalue weighted by atomic mass is 9.88. The number of hydrogen-bond acceptors (Lipinski definition) is 4. The maximum absolute atomic E-state index is 12.5. The first-order valence-electron chi connectivity index (χ1n) is 9.28. The predicted octanol–water partition coefficient (Wildman–Crippen LogP) is 1.73. The quantitative estimate of drug-likeness (QED) is 0.706. The van der Waals surface area contributed by atoms with E-state index >= 15 is 0 Å². The van der Waals surface area contributed by atoms with Gasteiger partial charge in [0.2, 0.25) is 15.9 Å². The standard InChI is InChI=1S/C17H30N2O5S/c1-13-5-7-14(8-6-13)18-25(23,24)12-16(20)19-11-3-2-4-15(19)9-10-17(21)22/h13-15,18H,2-12H2,1H3,(H,21,22). The number of carboxylic acids is 1. The van der Waals surface area contributed by atoms with Gasteiger partial charge in [-0.25, -0.2) is 13.1 Å². The number of rotatable bonds is 7. The highest BCUT2D eigenvalue weighted by atomic mass is 32.2. The number of hydrogen-bond donors (Lipinski definition) is 2. The fraction of sp³-hybridized carbons (Fsp3) is 0.882. The summed E-state index contributed by atoms with van der Waals surface area (Å²) in [6.07, 6.45) is 6.55. The van der Waals surface area contributed by atoms with Crippen molar-refractivity contribution < 1.29 is 23.1 Å². The van der Waals surface area contributed by atoms with Gasteiger partial charge in [0.25, 0.3) is 0 Å². The summed E-state index contributed by atoms with van der Waals surface area (Å²) >= 11 is 0. The molecule has 1 atom stereocenters. The van der Waals surface area contributed by atoms with Gasteiger partial charge in [0.15, 0.2) is 0 Å². The van der Waals surface area contributed by atoms with Crippen LogP contribution in [0.15, 0.2) is 0 Å². The minimum atomic E-state index is -3.66. The number of carboxylic acid groups (broad SMARTS) is 1. The number of carbonyl (C=O) groups is 2. The number of aliphatic carboxylic acids is 1. The van der Waals surface area contributed by atoms with Crippen LogP contribution in [0.3, 0.4) is 0 Å². The Bertz CT molecular complexity index is 570. The minimum Gasteiger partial charge on any atom is -0.481 e. The molecular weight excluding hydrogens is 344 g/mol. The summed E-state index contributed by atoms with van der Waals surface area (Å²) in [5.74, 6) is -1.21. The van der Waals surface area contributed by atoms with E-state index in [0.29, 0.717) is 18.9 Å². The van der Waals surface area contributed by atoms with Crippen LogP contribution in [-0.4, -0.2) is 54.7 Å². The molecule has 1 unspecified atom stereocenters. The van der Waals surface area contributed by atoms with Gasteiger partial charge in [0.05, 0.1) is 0 Å². The van der Waals surface area contributed by atoms with Crippen LogP contribution in [0.1, 0.15) is 64.7 Å². The Labute approximate surface area is 150 Å². The highest BCUT2D eigenvalue weighted by molar-refractivity contribution is 7.90. The molecule has 1 saturated heterocycles. The molecule has 1 aliphatic heterocycles. The molecule has 1 amide bonds. The Hall–Kier alpha value is -1.15. The molecule has 0 aromatic carbocycles. The zero-order valence-corrected chi connectivity index (χ0v) is 15.8. The van der Waals surface area contributed by atoms with Crippen LogP contribution in [0.5, 0.6) is 0 Å². The fourth-order valence-electron chi connectivity index (χ4n) is 3.84. The molecule has 8 heteroatoms. The van der Waals surface area contributed by atoms with Crippen molar-refractivity contribution in [2.45, 2.75) is 76.8 Å². The molecule has 0 radical (unpaired) electrons. The van der Waals surface area contributed by atoms with Gasteiger partial charge >= 0.3 is 5.97 Å². The first-order chi connectivity index (χ1) is 11.8. The number of sulfonamides is 1. The van der Waals surface area contributed by atoms with Gasteiger partial charge in [-0.3, -0.25) is 9.59 Å². The average Bonchev–Trinajstić information content (AvgIpc) is 2.54. The van der Waals surface area contributed by atoms with E-state index in [1.807, 2.05) is 0 Å². The lowest BCUT2D eigenvalue weighted by molar-refractivity contribution is -0.139. The first-order valence-corrected chi connectivity index (χ1v) is 10.9. The summed E-state index contributed by atoms with van der Waals surface area (Å²) in [4.78, 5) is 24.9. The Kier molecular flexibility index (Phi) is 7.25. The van der Waals surface area contributed by atoms with Crippen molar-refractivity contribution in [3.05, 3.63) is 0 Å². The van der Waals surface area contributed by atoms with Crippen molar-refractivity contribution in [3.63, 3.8) is 0 Å². The number of piperidine rings is 1. The van der Waals surface area contributed by atoms with E-state index in [0.717, 1.165) is 44.9 Å². The molecule has 0 aromatic heterocycles. The second kappa shape index (κ2) is 8.98. The van der Waals surface area contributed by atoms with Crippen molar-refractivity contribution in [2.24, 2.45) is 5.92 Å². The molecule has 25 heavy (non-hydrogen) atoms. The van der Waals surface area contributed by atoms with Gasteiger partial charge in [0.1, 0.15) is 5.75 Å². The number of nitrogens with one attached hydrogen (secondary N) is 1. The normalized spacial score (nSPS) is 27.9. The van der Waals surface area contributed by atoms with E-state index in [1.54, 1.807) is 4.90 Å². The maximum Gasteiger partial charge on any atom is 0.303 e. The summed E-state index contributed by atoms with van der Waals surface area (Å²) < 4.78 is 27.4. The van der Waals surface area contributed by atoms with E-state index in [1.165, 1.54) is 0 Å². The third kappa shape index (κ3) is 6.58. The van der Waals surface area contributed by atoms with Gasteiger partial charge in [-0.15, -0.1) is 0 Å². The Balaban J connectivity index is 1.90. The molecule has 1 saturated carbocycles. The lowest BCUT2D eigenvalue weighted by Crippen LogP contribution is -2.48. The van der Waals surface area contributed by atoms with Crippen LogP contribution in [0, 0.1) is 5.92 Å². The topological polar surface area (TPSA) is 104 Å². The molecule has 2 fully saturated rings. The van der Waals surface area contributed by atoms with Crippen molar-refractivity contribution in [2.75, 3.05) is 12.3 Å². The van der Waals surface area contributed by atoms with Crippen molar-refractivity contribution >= 4 is 21.9 Å². The lowest BCUT2D eigenvalue weighted by Gasteiger charge is -2.36. The average molecular weight is 375 g/mol. The fourth-order valence-corrected chi connectivity index (χ4v) is 5.16. The molecule has 0 bridgehead atoms. The third-order valence-electron chi connectivity index (χ3n) is 5.31. The van der Waals surface area contributed by atoms with Crippen LogP contribution >= 0.6 is 0 Å². The predicted molar refractivity (Wildman–Crippen MR) is 94.6 cm³/mol. The molecule has 0 aromatic rings. The molecule has 0 spiro atoms. The number of likely N-dealkylation sites (tertiary alicyclic amines) is 1. The minimum absolute atomic E-state index is 0.000293. The van der Waals surface area contributed by atoms with Crippen LogP contribution in [0.2, 0.25) is 0 Å². The number of amides is 1. The van der Waals surface area contributed by atoms with Gasteiger partial charge in [-0.05, 0) is 57.3 Å². The monoisotopic (exact) mass is 374 g/mol. The van der Waals surface area contributed by atoms with Gasteiger partial charge in [-0.1, -0.05) is 6.92 Å². The second-order valence-corrected chi connectivity index (χ2v) is 9.26. The first kappa shape index (κ1) is 20.2. The Morgan fingerprint density at radius 3 is 2.44 bits per heavy atom. The largest absolute Gasteiger partial charge is 0.481 e. The van der Waals surface area contributed by atoms with Crippen LogP contribution in [0.25, 0.3) is 0 Å². The molecule has 2 N–H and O–H groups in total. The van der Waals surface area contributed by atoms with E-state index in [4.69, 9.17) is 5.11 Å². The smallest absolute Gasteiger partial charge is 0.303 e. The number of carbonyl (C=O) groups excluding carboxylic acids is 1. The zero-order valence-electron chi connectivity index (χ0n) is 14.9. The molecular formula is C17H30N2O5S. The van der Waals surface area contributed by atoms with Gasteiger partial charge < -0.3 is 10.0 Å². The van der Waals surface area contributed by atoms with E-state index < -0.39 is 27.7 Å². The highest BCUT2D eigenvalue weighted by Crippen LogP contribution is 2.24. The second-order valence-electron chi connectivity index (χ2n) is 7.50. The molecule has 7 nitrogen and oxygen atoms in total. The third-order valence-corrected chi connectivity index (χ3v) is 6.63. The molecule has 1 aliphatic carbocycles. The van der Waals surface area contributed by atoms with E-state index in [-0.39, 0.29) is 18.5 Å². The Morgan fingerprint density at radius 2 is 1.80 bits per heavy atom. The van der Waals surface area contributed by atoms with Crippen molar-refractivity contribution in [1.29, 1.82) is 0 Å². The van der Waals surface area contributed by atoms with Crippen molar-refractivity contribution in [3.8, 4) is 0 Å². The summed E-state index contributed by atoms with van der Waals surface area (Å²) in [6.45, 7) is 2.68. The van der Waals surface area contributed by atoms with Crippen LogP contribution < -0.4 is 4.72 Å². The summed E-state index contributed by atoms with van der Waals surface area (Å²) in [5, 5.41) is 8.85. The van der Waals surface area contributed by atoms with Crippen LogP contribution in [-0.2, 0) is 19.6 Å². The Morgan fingerprint density at radius 1 is 1.12 bits per heavy atom. The molecule has 2 rings (SSSR count). The van der Waals surface area contributed by atoms with E-state index in [2.05, 4.69) is 11.6 Å². The molecule has 1 heterocycles. The SMILES string of the molecule is CC1CCC(NS(=O)(=O)CC(=O)N2CCCCC2CCC(=O)O)CC1. The highest BCUT2D eigenvalue weighted by Gasteiger charge is 2.31. The zero-order chi connectivity index (χ0) is 18.4. The van der Waals surface area contributed by atoms with E-state index in [9.17, 15) is 18.0 Å². The van der Waals surface area contributed by atoms with Crippen molar-refractivity contribution in [1.82, 2.24) is 9.62 Å². The summed E-state index contributed by atoms with van der Waals surface area (Å²) in [6, 6.07) is -0.235. The molecule has 144 valence electrons. The summed E-state index contributed by atoms with van der Waals surface area (Å²) in [5.41, 5.74) is 0.